The average molecular weight is 327 g/mol. The van der Waals surface area contributed by atoms with Gasteiger partial charge in [0.15, 0.2) is 0 Å². The first-order valence-electron chi connectivity index (χ1n) is 5.81. The molecule has 0 aromatic carbocycles. The number of hydrogen-bond donors (Lipinski definition) is 1. The van der Waals surface area contributed by atoms with E-state index in [2.05, 4.69) is 31.0 Å². The van der Waals surface area contributed by atoms with Crippen LogP contribution in [0.3, 0.4) is 0 Å². The first-order chi connectivity index (χ1) is 9.13. The Bertz CT molecular complexity index is 558. The molecule has 0 aliphatic rings. The van der Waals surface area contributed by atoms with Gasteiger partial charge < -0.3 is 9.84 Å². The molecule has 1 unspecified atom stereocenters. The Morgan fingerprint density at radius 2 is 2.32 bits per heavy atom. The first kappa shape index (κ1) is 14.1. The van der Waals surface area contributed by atoms with Crippen molar-refractivity contribution in [2.45, 2.75) is 19.6 Å². The molecule has 2 aromatic heterocycles. The lowest BCUT2D eigenvalue weighted by atomic mass is 10.2. The largest absolute Gasteiger partial charge is 0.383 e. The summed E-state index contributed by atoms with van der Waals surface area (Å²) in [5, 5.41) is 14.7. The quantitative estimate of drug-likeness (QED) is 0.900. The van der Waals surface area contributed by atoms with Gasteiger partial charge in [-0.05, 0) is 28.9 Å². The topological polar surface area (TPSA) is 73.1 Å². The van der Waals surface area contributed by atoms with Crippen molar-refractivity contribution in [3.8, 4) is 0 Å². The second-order valence-electron chi connectivity index (χ2n) is 4.02. The number of ether oxygens (including phenoxy) is 1. The Balaban J connectivity index is 2.32. The predicted octanol–water partition coefficient (Wildman–Crippen LogP) is 1.47. The molecule has 2 aromatic rings. The van der Waals surface area contributed by atoms with E-state index >= 15 is 0 Å². The van der Waals surface area contributed by atoms with Crippen molar-refractivity contribution >= 4 is 15.9 Å². The monoisotopic (exact) mass is 326 g/mol. The van der Waals surface area contributed by atoms with Crippen molar-refractivity contribution in [2.24, 2.45) is 0 Å². The van der Waals surface area contributed by atoms with Gasteiger partial charge in [0.1, 0.15) is 11.9 Å². The van der Waals surface area contributed by atoms with Crippen LogP contribution in [0.4, 0.5) is 0 Å². The van der Waals surface area contributed by atoms with Crippen molar-refractivity contribution in [3.05, 3.63) is 40.1 Å². The van der Waals surface area contributed by atoms with Crippen LogP contribution in [-0.2, 0) is 11.3 Å². The zero-order chi connectivity index (χ0) is 13.8. The van der Waals surface area contributed by atoms with Crippen LogP contribution in [0.25, 0.3) is 0 Å². The minimum absolute atomic E-state index is 0.524. The van der Waals surface area contributed by atoms with Crippen LogP contribution in [0.2, 0.25) is 0 Å². The molecular weight excluding hydrogens is 312 g/mol. The third-order valence-electron chi connectivity index (χ3n) is 2.68. The lowest BCUT2D eigenvalue weighted by molar-refractivity contribution is 0.169. The number of aliphatic hydroxyl groups excluding tert-OH is 1. The maximum atomic E-state index is 10.4. The van der Waals surface area contributed by atoms with Gasteiger partial charge in [-0.2, -0.15) is 5.10 Å². The molecule has 1 N–H and O–H groups in total. The van der Waals surface area contributed by atoms with Crippen molar-refractivity contribution < 1.29 is 9.84 Å². The average Bonchev–Trinajstić information content (AvgIpc) is 2.76. The van der Waals surface area contributed by atoms with E-state index in [1.807, 2.05) is 0 Å². The van der Waals surface area contributed by atoms with E-state index in [9.17, 15) is 5.11 Å². The molecule has 0 aliphatic heterocycles. The number of methoxy groups -OCH3 is 1. The highest BCUT2D eigenvalue weighted by Gasteiger charge is 2.20. The molecule has 102 valence electrons. The van der Waals surface area contributed by atoms with Crippen LogP contribution in [-0.4, -0.2) is 38.6 Å². The normalized spacial score (nSPS) is 12.6. The van der Waals surface area contributed by atoms with Crippen LogP contribution in [0, 0.1) is 6.92 Å². The third kappa shape index (κ3) is 3.17. The zero-order valence-electron chi connectivity index (χ0n) is 10.7. The molecule has 0 spiro atoms. The molecule has 0 saturated heterocycles. The van der Waals surface area contributed by atoms with Crippen LogP contribution in [0.15, 0.2) is 22.9 Å². The van der Waals surface area contributed by atoms with E-state index in [1.165, 1.54) is 0 Å². The van der Waals surface area contributed by atoms with Gasteiger partial charge in [-0.25, -0.2) is 9.97 Å². The summed E-state index contributed by atoms with van der Waals surface area (Å²) in [5.74, 6) is 0.621. The maximum absolute atomic E-state index is 10.4. The first-order valence-corrected chi connectivity index (χ1v) is 6.60. The molecule has 0 saturated carbocycles. The fourth-order valence-corrected chi connectivity index (χ4v) is 2.28. The summed E-state index contributed by atoms with van der Waals surface area (Å²) in [6.45, 7) is 2.88. The van der Waals surface area contributed by atoms with Crippen LogP contribution >= 0.6 is 15.9 Å². The fraction of sp³-hybridized carbons (Fsp3) is 0.417. The van der Waals surface area contributed by atoms with Crippen LogP contribution in [0.1, 0.15) is 23.3 Å². The number of aryl methyl sites for hydroxylation is 1. The molecule has 0 fully saturated rings. The smallest absolute Gasteiger partial charge is 0.139 e. The Labute approximate surface area is 119 Å². The molecule has 19 heavy (non-hydrogen) atoms. The van der Waals surface area contributed by atoms with Gasteiger partial charge in [0, 0.05) is 13.3 Å². The summed E-state index contributed by atoms with van der Waals surface area (Å²) in [6, 6.07) is 1.69. The lowest BCUT2D eigenvalue weighted by Gasteiger charge is -2.14. The Morgan fingerprint density at radius 3 is 3.00 bits per heavy atom. The highest BCUT2D eigenvalue weighted by atomic mass is 79.9. The van der Waals surface area contributed by atoms with E-state index in [1.54, 1.807) is 37.2 Å². The standard InChI is InChI=1S/C12H15BrN4O2/c1-8-14-4-3-10(16-8)12(18)11-9(13)7-15-17(11)5-6-19-2/h3-4,7,12,18H,5-6H2,1-2H3. The SMILES string of the molecule is COCCn1ncc(Br)c1C(O)c1ccnc(C)n1. The van der Waals surface area contributed by atoms with E-state index in [-0.39, 0.29) is 0 Å². The number of rotatable bonds is 5. The van der Waals surface area contributed by atoms with Crippen LogP contribution < -0.4 is 0 Å². The fourth-order valence-electron chi connectivity index (χ4n) is 1.77. The Hall–Kier alpha value is -1.31. The number of nitrogens with zero attached hydrogens (tertiary/aromatic N) is 4. The van der Waals surface area contributed by atoms with E-state index in [0.29, 0.717) is 30.4 Å². The summed E-state index contributed by atoms with van der Waals surface area (Å²) in [5.41, 5.74) is 1.21. The van der Waals surface area contributed by atoms with Gasteiger partial charge in [-0.3, -0.25) is 4.68 Å². The summed E-state index contributed by atoms with van der Waals surface area (Å²) < 4.78 is 7.48. The minimum Gasteiger partial charge on any atom is -0.383 e. The van der Waals surface area contributed by atoms with Gasteiger partial charge in [0.05, 0.1) is 35.2 Å². The Morgan fingerprint density at radius 1 is 1.53 bits per heavy atom. The molecule has 7 heteroatoms. The molecule has 2 heterocycles. The molecule has 0 bridgehead atoms. The number of hydrogen-bond acceptors (Lipinski definition) is 5. The van der Waals surface area contributed by atoms with Gasteiger partial charge in [-0.15, -0.1) is 0 Å². The predicted molar refractivity (Wildman–Crippen MR) is 72.6 cm³/mol. The summed E-state index contributed by atoms with van der Waals surface area (Å²) in [6.07, 6.45) is 2.43. The molecule has 0 aliphatic carbocycles. The number of halogens is 1. The highest BCUT2D eigenvalue weighted by Crippen LogP contribution is 2.27. The van der Waals surface area contributed by atoms with Crippen molar-refractivity contribution in [3.63, 3.8) is 0 Å². The molecular formula is C12H15BrN4O2. The molecule has 0 amide bonds. The highest BCUT2D eigenvalue weighted by molar-refractivity contribution is 9.10. The van der Waals surface area contributed by atoms with E-state index in [0.717, 1.165) is 4.47 Å². The molecule has 2 rings (SSSR count). The number of aliphatic hydroxyl groups is 1. The van der Waals surface area contributed by atoms with Crippen molar-refractivity contribution in [1.29, 1.82) is 0 Å². The second kappa shape index (κ2) is 6.23. The molecule has 6 nitrogen and oxygen atoms in total. The number of aromatic nitrogens is 4. The second-order valence-corrected chi connectivity index (χ2v) is 4.88. The van der Waals surface area contributed by atoms with Gasteiger partial charge in [0.25, 0.3) is 0 Å². The van der Waals surface area contributed by atoms with E-state index < -0.39 is 6.10 Å². The molecule has 0 radical (unpaired) electrons. The Kier molecular flexibility index (Phi) is 4.62. The summed E-state index contributed by atoms with van der Waals surface area (Å²) in [7, 11) is 1.63. The third-order valence-corrected chi connectivity index (χ3v) is 3.29. The minimum atomic E-state index is -0.851. The zero-order valence-corrected chi connectivity index (χ0v) is 12.3. The molecule has 1 atom stereocenters. The van der Waals surface area contributed by atoms with Gasteiger partial charge in [0.2, 0.25) is 0 Å². The summed E-state index contributed by atoms with van der Waals surface area (Å²) >= 11 is 3.40. The van der Waals surface area contributed by atoms with Crippen molar-refractivity contribution in [2.75, 3.05) is 13.7 Å². The van der Waals surface area contributed by atoms with Gasteiger partial charge >= 0.3 is 0 Å². The lowest BCUT2D eigenvalue weighted by Crippen LogP contribution is -2.14. The van der Waals surface area contributed by atoms with Crippen LogP contribution in [0.5, 0.6) is 0 Å². The van der Waals surface area contributed by atoms with Crippen molar-refractivity contribution in [1.82, 2.24) is 19.7 Å². The van der Waals surface area contributed by atoms with E-state index in [4.69, 9.17) is 4.74 Å². The van der Waals surface area contributed by atoms with Gasteiger partial charge in [-0.1, -0.05) is 0 Å². The maximum Gasteiger partial charge on any atom is 0.139 e. The summed E-state index contributed by atoms with van der Waals surface area (Å²) in [4.78, 5) is 8.26.